The Hall–Kier alpha value is -0.120. The molecule has 0 unspecified atom stereocenters. The highest BCUT2D eigenvalue weighted by atomic mass is 16.6. The predicted molar refractivity (Wildman–Crippen MR) is 37.0 cm³/mol. The van der Waals surface area contributed by atoms with Crippen LogP contribution < -0.4 is 0 Å². The summed E-state index contributed by atoms with van der Waals surface area (Å²) in [6.45, 7) is 4.53. The van der Waals surface area contributed by atoms with Crippen LogP contribution in [-0.4, -0.2) is 50.5 Å². The van der Waals surface area contributed by atoms with E-state index in [1.807, 2.05) is 0 Å². The highest BCUT2D eigenvalue weighted by Crippen LogP contribution is 2.25. The maximum absolute atomic E-state index is 5.61. The van der Waals surface area contributed by atoms with Gasteiger partial charge in [-0.05, 0) is 7.05 Å². The minimum absolute atomic E-state index is 0.0764. The average Bonchev–Trinajstić information content (AvgIpc) is 1.85. The topological polar surface area (TPSA) is 21.7 Å². The van der Waals surface area contributed by atoms with Crippen molar-refractivity contribution in [3.8, 4) is 0 Å². The van der Waals surface area contributed by atoms with Crippen molar-refractivity contribution in [3.05, 3.63) is 0 Å². The lowest BCUT2D eigenvalue weighted by molar-refractivity contribution is -0.235. The van der Waals surface area contributed by atoms with E-state index in [1.165, 1.54) is 0 Å². The average molecular weight is 143 g/mol. The molecular weight excluding hydrogens is 130 g/mol. The zero-order chi connectivity index (χ0) is 7.03. The molecule has 0 aromatic heterocycles. The normalized spacial score (nSPS) is 32.1. The molecule has 0 radical (unpaired) electrons. The van der Waals surface area contributed by atoms with Crippen molar-refractivity contribution in [2.75, 3.05) is 40.0 Å². The highest BCUT2D eigenvalue weighted by Gasteiger charge is 2.42. The van der Waals surface area contributed by atoms with Gasteiger partial charge in [-0.3, -0.25) is 0 Å². The van der Waals surface area contributed by atoms with Crippen LogP contribution in [0.3, 0.4) is 0 Å². The van der Waals surface area contributed by atoms with Gasteiger partial charge in [0, 0.05) is 13.1 Å². The second-order valence-electron chi connectivity index (χ2n) is 3.26. The highest BCUT2D eigenvalue weighted by molar-refractivity contribution is 4.92. The van der Waals surface area contributed by atoms with E-state index >= 15 is 0 Å². The summed E-state index contributed by atoms with van der Waals surface area (Å²) in [5, 5.41) is 0. The summed E-state index contributed by atoms with van der Waals surface area (Å²) in [6, 6.07) is 0. The summed E-state index contributed by atoms with van der Waals surface area (Å²) >= 11 is 0. The van der Waals surface area contributed by atoms with Crippen LogP contribution in [0.2, 0.25) is 0 Å². The second-order valence-corrected chi connectivity index (χ2v) is 3.26. The van der Waals surface area contributed by atoms with Gasteiger partial charge in [-0.1, -0.05) is 0 Å². The molecule has 0 aromatic rings. The van der Waals surface area contributed by atoms with Crippen LogP contribution in [0.25, 0.3) is 0 Å². The molecule has 3 nitrogen and oxygen atoms in total. The molecule has 0 amide bonds. The van der Waals surface area contributed by atoms with E-state index in [2.05, 4.69) is 11.9 Å². The quantitative estimate of drug-likeness (QED) is 0.465. The van der Waals surface area contributed by atoms with Gasteiger partial charge in [0.2, 0.25) is 0 Å². The number of rotatable bonds is 0. The minimum Gasteiger partial charge on any atom is -0.375 e. The van der Waals surface area contributed by atoms with E-state index in [0.717, 1.165) is 32.9 Å². The Labute approximate surface area is 60.9 Å². The molecule has 58 valence electrons. The Kier molecular flexibility index (Phi) is 1.44. The third-order valence-corrected chi connectivity index (χ3v) is 2.17. The summed E-state index contributed by atoms with van der Waals surface area (Å²) in [5.74, 6) is 0. The first-order chi connectivity index (χ1) is 4.81. The molecule has 0 atom stereocenters. The number of likely N-dealkylation sites (N-methyl/N-ethyl adjacent to an activating group) is 1. The van der Waals surface area contributed by atoms with Crippen molar-refractivity contribution in [1.82, 2.24) is 4.90 Å². The molecule has 2 heterocycles. The third-order valence-electron chi connectivity index (χ3n) is 2.17. The zero-order valence-corrected chi connectivity index (χ0v) is 6.30. The number of hydrogen-bond donors (Lipinski definition) is 0. The fourth-order valence-electron chi connectivity index (χ4n) is 1.54. The molecule has 0 aromatic carbocycles. The number of hydrogen-bond acceptors (Lipinski definition) is 3. The van der Waals surface area contributed by atoms with Gasteiger partial charge in [0.05, 0.1) is 19.8 Å². The smallest absolute Gasteiger partial charge is 0.127 e. The zero-order valence-electron chi connectivity index (χ0n) is 6.30. The number of ether oxygens (including phenoxy) is 2. The largest absolute Gasteiger partial charge is 0.375 e. The van der Waals surface area contributed by atoms with Crippen LogP contribution in [0.1, 0.15) is 0 Å². The van der Waals surface area contributed by atoms with Gasteiger partial charge in [-0.15, -0.1) is 0 Å². The summed E-state index contributed by atoms with van der Waals surface area (Å²) in [6.07, 6.45) is 0. The summed E-state index contributed by atoms with van der Waals surface area (Å²) in [4.78, 5) is 2.30. The second kappa shape index (κ2) is 2.19. The van der Waals surface area contributed by atoms with Crippen molar-refractivity contribution in [2.45, 2.75) is 5.60 Å². The summed E-state index contributed by atoms with van der Waals surface area (Å²) in [7, 11) is 2.13. The van der Waals surface area contributed by atoms with Crippen LogP contribution >= 0.6 is 0 Å². The Morgan fingerprint density at radius 2 is 2.20 bits per heavy atom. The Bertz CT molecular complexity index is 134. The van der Waals surface area contributed by atoms with Crippen molar-refractivity contribution in [3.63, 3.8) is 0 Å². The molecule has 2 rings (SSSR count). The molecule has 0 aliphatic carbocycles. The monoisotopic (exact) mass is 143 g/mol. The molecule has 0 N–H and O–H groups in total. The van der Waals surface area contributed by atoms with Crippen molar-refractivity contribution in [2.24, 2.45) is 0 Å². The third kappa shape index (κ3) is 0.944. The maximum Gasteiger partial charge on any atom is 0.127 e. The number of nitrogens with zero attached hydrogens (tertiary/aromatic N) is 1. The Morgan fingerprint density at radius 1 is 1.40 bits per heavy atom. The van der Waals surface area contributed by atoms with Crippen LogP contribution in [0.4, 0.5) is 0 Å². The molecule has 2 saturated heterocycles. The van der Waals surface area contributed by atoms with Crippen molar-refractivity contribution < 1.29 is 9.47 Å². The lowest BCUT2D eigenvalue weighted by Crippen LogP contribution is -2.62. The lowest BCUT2D eigenvalue weighted by Gasteiger charge is -2.46. The lowest BCUT2D eigenvalue weighted by atomic mass is 10.0. The molecule has 1 spiro atoms. The fourth-order valence-corrected chi connectivity index (χ4v) is 1.54. The predicted octanol–water partition coefficient (Wildman–Crippen LogP) is -0.283. The van der Waals surface area contributed by atoms with Gasteiger partial charge in [-0.25, -0.2) is 0 Å². The van der Waals surface area contributed by atoms with E-state index in [0.29, 0.717) is 0 Å². The van der Waals surface area contributed by atoms with Gasteiger partial charge in [0.15, 0.2) is 0 Å². The van der Waals surface area contributed by atoms with E-state index in [9.17, 15) is 0 Å². The molecule has 0 bridgehead atoms. The van der Waals surface area contributed by atoms with Gasteiger partial charge < -0.3 is 14.4 Å². The molecule has 3 heteroatoms. The Morgan fingerprint density at radius 3 is 2.60 bits per heavy atom. The van der Waals surface area contributed by atoms with E-state index < -0.39 is 0 Å². The van der Waals surface area contributed by atoms with E-state index in [4.69, 9.17) is 9.47 Å². The first kappa shape index (κ1) is 6.58. The van der Waals surface area contributed by atoms with Gasteiger partial charge in [0.25, 0.3) is 0 Å². The van der Waals surface area contributed by atoms with Crippen LogP contribution in [-0.2, 0) is 9.47 Å². The van der Waals surface area contributed by atoms with Crippen molar-refractivity contribution >= 4 is 0 Å². The van der Waals surface area contributed by atoms with Crippen LogP contribution in [0.5, 0.6) is 0 Å². The fraction of sp³-hybridized carbons (Fsp3) is 1.00. The van der Waals surface area contributed by atoms with Crippen molar-refractivity contribution in [1.29, 1.82) is 0 Å². The maximum atomic E-state index is 5.61. The summed E-state index contributed by atoms with van der Waals surface area (Å²) in [5.41, 5.74) is 0.0764. The van der Waals surface area contributed by atoms with E-state index in [-0.39, 0.29) is 5.60 Å². The molecule has 0 saturated carbocycles. The molecular formula is C7H13NO2. The molecule has 2 fully saturated rings. The molecule has 2 aliphatic heterocycles. The van der Waals surface area contributed by atoms with E-state index in [1.54, 1.807) is 0 Å². The van der Waals surface area contributed by atoms with Gasteiger partial charge in [-0.2, -0.15) is 0 Å². The minimum atomic E-state index is 0.0764. The van der Waals surface area contributed by atoms with Crippen LogP contribution in [0, 0.1) is 0 Å². The molecule has 10 heavy (non-hydrogen) atoms. The first-order valence-electron chi connectivity index (χ1n) is 3.71. The van der Waals surface area contributed by atoms with Gasteiger partial charge in [0.1, 0.15) is 5.60 Å². The first-order valence-corrected chi connectivity index (χ1v) is 3.71. The Balaban J connectivity index is 1.96. The van der Waals surface area contributed by atoms with Crippen LogP contribution in [0.15, 0.2) is 0 Å². The number of morpholine rings is 1. The molecule has 2 aliphatic rings. The SMILES string of the molecule is CN1CCOC2(COC2)C1. The standard InChI is InChI=1S/C7H13NO2/c1-8-2-3-10-7(4-8)5-9-6-7/h2-6H2,1H3. The summed E-state index contributed by atoms with van der Waals surface area (Å²) < 4.78 is 10.7. The van der Waals surface area contributed by atoms with Gasteiger partial charge >= 0.3 is 0 Å².